The maximum absolute atomic E-state index is 5.24. The summed E-state index contributed by atoms with van der Waals surface area (Å²) in [4.78, 5) is 2.45. The van der Waals surface area contributed by atoms with Crippen LogP contribution in [0.4, 0.5) is 5.69 Å². The van der Waals surface area contributed by atoms with Crippen LogP contribution >= 0.6 is 0 Å². The summed E-state index contributed by atoms with van der Waals surface area (Å²) in [5, 5.41) is 0. The fraction of sp³-hybridized carbons (Fsp3) is 0.304. The largest absolute Gasteiger partial charge is 0.492 e. The van der Waals surface area contributed by atoms with E-state index in [9.17, 15) is 0 Å². The molecule has 25 heavy (non-hydrogen) atoms. The van der Waals surface area contributed by atoms with E-state index in [1.54, 1.807) is 7.11 Å². The third kappa shape index (κ3) is 5.53. The first kappa shape index (κ1) is 18.9. The molecule has 0 bridgehead atoms. The molecule has 0 aliphatic heterocycles. The molecule has 0 saturated carbocycles. The van der Waals surface area contributed by atoms with E-state index >= 15 is 0 Å². The lowest BCUT2D eigenvalue weighted by atomic mass is 10.0. The van der Waals surface area contributed by atoms with Crippen LogP contribution in [-0.4, -0.2) is 20.2 Å². The number of para-hydroxylation sites is 1. The molecule has 2 rings (SSSR count). The number of ether oxygens (including phenoxy) is 1. The highest BCUT2D eigenvalue weighted by molar-refractivity contribution is 5.84. The van der Waals surface area contributed by atoms with Gasteiger partial charge in [-0.05, 0) is 30.5 Å². The zero-order chi connectivity index (χ0) is 17.9. The van der Waals surface area contributed by atoms with E-state index in [0.717, 1.165) is 42.6 Å². The SMILES string of the molecule is CCCN(CCC)c1ccccc1C(=[C]OC)C=Cc1ccccc1. The summed E-state index contributed by atoms with van der Waals surface area (Å²) < 4.78 is 5.24. The number of anilines is 1. The summed E-state index contributed by atoms with van der Waals surface area (Å²) >= 11 is 0. The summed E-state index contributed by atoms with van der Waals surface area (Å²) in [7, 11) is 1.65. The van der Waals surface area contributed by atoms with Gasteiger partial charge in [-0.15, -0.1) is 0 Å². The van der Waals surface area contributed by atoms with Gasteiger partial charge in [0.05, 0.1) is 7.11 Å². The van der Waals surface area contributed by atoms with Crippen molar-refractivity contribution in [1.29, 1.82) is 0 Å². The fourth-order valence-electron chi connectivity index (χ4n) is 2.90. The Kier molecular flexibility index (Phi) is 7.84. The number of methoxy groups -OCH3 is 1. The quantitative estimate of drug-likeness (QED) is 0.423. The van der Waals surface area contributed by atoms with Gasteiger partial charge in [0.2, 0.25) is 0 Å². The van der Waals surface area contributed by atoms with Crippen LogP contribution in [-0.2, 0) is 4.74 Å². The second kappa shape index (κ2) is 10.4. The first-order valence-corrected chi connectivity index (χ1v) is 9.03. The molecule has 2 heteroatoms. The van der Waals surface area contributed by atoms with Crippen LogP contribution in [0.5, 0.6) is 0 Å². The molecule has 0 atom stereocenters. The first-order chi connectivity index (χ1) is 12.3. The van der Waals surface area contributed by atoms with Crippen LogP contribution in [0.15, 0.2) is 60.7 Å². The molecule has 131 valence electrons. The Morgan fingerprint density at radius 3 is 2.24 bits per heavy atom. The molecule has 0 spiro atoms. The topological polar surface area (TPSA) is 12.5 Å². The van der Waals surface area contributed by atoms with Crippen molar-refractivity contribution >= 4 is 17.3 Å². The molecule has 1 radical (unpaired) electrons. The highest BCUT2D eigenvalue weighted by Gasteiger charge is 2.12. The highest BCUT2D eigenvalue weighted by Crippen LogP contribution is 2.29. The molecule has 0 aliphatic rings. The lowest BCUT2D eigenvalue weighted by Crippen LogP contribution is -2.25. The fourth-order valence-corrected chi connectivity index (χ4v) is 2.90. The summed E-state index contributed by atoms with van der Waals surface area (Å²) in [6.45, 7) is 6.54. The molecule has 0 aliphatic carbocycles. The molecule has 0 amide bonds. The smallest absolute Gasteiger partial charge is 0.169 e. The number of allylic oxidation sites excluding steroid dienone is 2. The number of hydrogen-bond donors (Lipinski definition) is 0. The van der Waals surface area contributed by atoms with Crippen LogP contribution in [0.25, 0.3) is 11.6 Å². The van der Waals surface area contributed by atoms with Gasteiger partial charge in [0.15, 0.2) is 6.26 Å². The van der Waals surface area contributed by atoms with E-state index in [1.807, 2.05) is 18.2 Å². The Bertz CT molecular complexity index is 682. The molecule has 0 unspecified atom stereocenters. The maximum atomic E-state index is 5.24. The van der Waals surface area contributed by atoms with E-state index in [4.69, 9.17) is 4.74 Å². The highest BCUT2D eigenvalue weighted by atomic mass is 16.5. The van der Waals surface area contributed by atoms with E-state index in [0.29, 0.717) is 0 Å². The zero-order valence-corrected chi connectivity index (χ0v) is 15.5. The van der Waals surface area contributed by atoms with Crippen LogP contribution in [0.3, 0.4) is 0 Å². The number of nitrogens with zero attached hydrogens (tertiary/aromatic N) is 1. The molecule has 2 aromatic carbocycles. The Hall–Kier alpha value is -2.48. The third-order valence-electron chi connectivity index (χ3n) is 3.98. The van der Waals surface area contributed by atoms with Gasteiger partial charge in [-0.25, -0.2) is 0 Å². The van der Waals surface area contributed by atoms with E-state index in [1.165, 1.54) is 5.69 Å². The van der Waals surface area contributed by atoms with Gasteiger partial charge < -0.3 is 9.64 Å². The predicted octanol–water partition coefficient (Wildman–Crippen LogP) is 5.82. The Labute approximate surface area is 152 Å². The van der Waals surface area contributed by atoms with Crippen LogP contribution < -0.4 is 4.90 Å². The second-order valence-electron chi connectivity index (χ2n) is 5.97. The van der Waals surface area contributed by atoms with Crippen molar-refractivity contribution in [2.24, 2.45) is 0 Å². The lowest BCUT2D eigenvalue weighted by Gasteiger charge is -2.26. The van der Waals surface area contributed by atoms with Gasteiger partial charge >= 0.3 is 0 Å². The van der Waals surface area contributed by atoms with Crippen molar-refractivity contribution in [2.45, 2.75) is 26.7 Å². The molecule has 0 N–H and O–H groups in total. The van der Waals surface area contributed by atoms with Crippen molar-refractivity contribution < 1.29 is 4.74 Å². The van der Waals surface area contributed by atoms with E-state index in [-0.39, 0.29) is 0 Å². The number of benzene rings is 2. The van der Waals surface area contributed by atoms with Gasteiger partial charge in [-0.3, -0.25) is 0 Å². The molecule has 0 fully saturated rings. The summed E-state index contributed by atoms with van der Waals surface area (Å²) in [5.41, 5.74) is 4.51. The van der Waals surface area contributed by atoms with Crippen molar-refractivity contribution in [2.75, 3.05) is 25.1 Å². The average molecular weight is 334 g/mol. The summed E-state index contributed by atoms with van der Waals surface area (Å²) in [5.74, 6) is 0. The second-order valence-corrected chi connectivity index (χ2v) is 5.97. The van der Waals surface area contributed by atoms with Gasteiger partial charge in [0, 0.05) is 29.9 Å². The molecule has 2 nitrogen and oxygen atoms in total. The van der Waals surface area contributed by atoms with E-state index < -0.39 is 0 Å². The van der Waals surface area contributed by atoms with Gasteiger partial charge in [0.25, 0.3) is 0 Å². The predicted molar refractivity (Wildman–Crippen MR) is 108 cm³/mol. The molecule has 0 aromatic heterocycles. The van der Waals surface area contributed by atoms with Crippen LogP contribution in [0, 0.1) is 6.26 Å². The van der Waals surface area contributed by atoms with Crippen molar-refractivity contribution in [3.05, 3.63) is 78.1 Å². The molecule has 0 heterocycles. The Morgan fingerprint density at radius 2 is 1.60 bits per heavy atom. The molecule has 2 aromatic rings. The van der Waals surface area contributed by atoms with Crippen molar-refractivity contribution in [3.63, 3.8) is 0 Å². The first-order valence-electron chi connectivity index (χ1n) is 9.03. The van der Waals surface area contributed by atoms with Gasteiger partial charge in [-0.2, -0.15) is 0 Å². The monoisotopic (exact) mass is 334 g/mol. The molecular formula is C23H28NO. The van der Waals surface area contributed by atoms with Crippen LogP contribution in [0.1, 0.15) is 37.8 Å². The van der Waals surface area contributed by atoms with Crippen LogP contribution in [0.2, 0.25) is 0 Å². The molecular weight excluding hydrogens is 306 g/mol. The van der Waals surface area contributed by atoms with E-state index in [2.05, 4.69) is 73.6 Å². The Balaban J connectivity index is 2.38. The summed E-state index contributed by atoms with van der Waals surface area (Å²) in [6, 6.07) is 18.8. The average Bonchev–Trinajstić information content (AvgIpc) is 2.66. The zero-order valence-electron chi connectivity index (χ0n) is 15.5. The summed E-state index contributed by atoms with van der Waals surface area (Å²) in [6.07, 6.45) is 9.48. The lowest BCUT2D eigenvalue weighted by molar-refractivity contribution is 0.315. The third-order valence-corrected chi connectivity index (χ3v) is 3.98. The van der Waals surface area contributed by atoms with Gasteiger partial charge in [0.1, 0.15) is 0 Å². The number of hydrogen-bond acceptors (Lipinski definition) is 2. The maximum Gasteiger partial charge on any atom is 0.169 e. The minimum atomic E-state index is 0.958. The van der Waals surface area contributed by atoms with Crippen molar-refractivity contribution in [1.82, 2.24) is 0 Å². The van der Waals surface area contributed by atoms with Gasteiger partial charge in [-0.1, -0.05) is 68.5 Å². The molecule has 0 saturated heterocycles. The normalized spacial score (nSPS) is 11.7. The van der Waals surface area contributed by atoms with Crippen molar-refractivity contribution in [3.8, 4) is 0 Å². The minimum absolute atomic E-state index is 0.958. The standard InChI is InChI=1S/C23H28NO/c1-4-17-24(18-5-2)23-14-10-9-13-22(23)21(19-25-3)16-15-20-11-7-6-8-12-20/h6-16H,4-5,17-18H2,1-3H3. The number of rotatable bonds is 9. The minimum Gasteiger partial charge on any atom is -0.492 e. The Morgan fingerprint density at radius 1 is 0.960 bits per heavy atom.